The molecule has 2 N–H and O–H groups in total. The number of rotatable bonds is 9. The summed E-state index contributed by atoms with van der Waals surface area (Å²) in [6.45, 7) is 5.15. The molecule has 0 aliphatic heterocycles. The first-order valence-electron chi connectivity index (χ1n) is 6.38. The molecular formula is C13H22N2O4S. The summed E-state index contributed by atoms with van der Waals surface area (Å²) < 4.78 is 5.06. The largest absolute Gasteiger partial charge is 0.461 e. The SMILES string of the molecule is CS[C@@H](C)C(=O)N[C@@H](CCC(=O)C=N)C(=O)OC(C)C. The Hall–Kier alpha value is -1.37. The Morgan fingerprint density at radius 2 is 1.90 bits per heavy atom. The van der Waals surface area contributed by atoms with Crippen LogP contribution < -0.4 is 5.32 Å². The summed E-state index contributed by atoms with van der Waals surface area (Å²) in [5.74, 6) is -1.22. The van der Waals surface area contributed by atoms with Gasteiger partial charge in [0.15, 0.2) is 5.78 Å². The highest BCUT2D eigenvalue weighted by atomic mass is 32.2. The molecule has 0 fully saturated rings. The zero-order valence-corrected chi connectivity index (χ0v) is 13.1. The molecule has 0 saturated carbocycles. The van der Waals surface area contributed by atoms with Crippen molar-refractivity contribution in [1.29, 1.82) is 5.41 Å². The van der Waals surface area contributed by atoms with Gasteiger partial charge in [-0.15, -0.1) is 0 Å². The summed E-state index contributed by atoms with van der Waals surface area (Å²) in [7, 11) is 0. The van der Waals surface area contributed by atoms with Crippen molar-refractivity contribution in [3.05, 3.63) is 0 Å². The molecule has 0 radical (unpaired) electrons. The maximum atomic E-state index is 11.9. The highest BCUT2D eigenvalue weighted by Crippen LogP contribution is 2.08. The summed E-state index contributed by atoms with van der Waals surface area (Å²) >= 11 is 1.36. The van der Waals surface area contributed by atoms with Crippen LogP contribution >= 0.6 is 11.8 Å². The molecule has 0 spiro atoms. The Balaban J connectivity index is 4.69. The molecule has 7 heteroatoms. The molecule has 6 nitrogen and oxygen atoms in total. The van der Waals surface area contributed by atoms with Crippen LogP contribution in [0.15, 0.2) is 0 Å². The molecule has 0 aliphatic carbocycles. The summed E-state index contributed by atoms with van der Waals surface area (Å²) in [5.41, 5.74) is 0. The second-order valence-corrected chi connectivity index (χ2v) is 5.75. The van der Waals surface area contributed by atoms with Gasteiger partial charge in [0.1, 0.15) is 6.04 Å². The van der Waals surface area contributed by atoms with Gasteiger partial charge < -0.3 is 15.5 Å². The van der Waals surface area contributed by atoms with E-state index >= 15 is 0 Å². The fraction of sp³-hybridized carbons (Fsp3) is 0.692. The lowest BCUT2D eigenvalue weighted by Crippen LogP contribution is -2.45. The molecule has 0 bridgehead atoms. The van der Waals surface area contributed by atoms with E-state index in [1.807, 2.05) is 0 Å². The van der Waals surface area contributed by atoms with Crippen molar-refractivity contribution < 1.29 is 19.1 Å². The van der Waals surface area contributed by atoms with Crippen molar-refractivity contribution in [2.24, 2.45) is 0 Å². The lowest BCUT2D eigenvalue weighted by atomic mass is 10.1. The van der Waals surface area contributed by atoms with Crippen LogP contribution in [0.2, 0.25) is 0 Å². The van der Waals surface area contributed by atoms with Crippen LogP contribution in [0.25, 0.3) is 0 Å². The lowest BCUT2D eigenvalue weighted by Gasteiger charge is -2.20. The first-order valence-corrected chi connectivity index (χ1v) is 7.67. The maximum absolute atomic E-state index is 11.9. The van der Waals surface area contributed by atoms with Crippen LogP contribution in [0.1, 0.15) is 33.6 Å². The number of carbonyl (C=O) groups is 3. The number of Topliss-reactive ketones (excluding diaryl/α,β-unsaturated/α-hetero) is 1. The van der Waals surface area contributed by atoms with E-state index in [9.17, 15) is 14.4 Å². The van der Waals surface area contributed by atoms with Gasteiger partial charge in [-0.2, -0.15) is 11.8 Å². The standard InChI is InChI=1S/C13H22N2O4S/c1-8(2)19-13(18)11(6-5-10(16)7-14)15-12(17)9(3)20-4/h7-9,11,14H,5-6H2,1-4H3,(H,15,17)/t9-,11-/m0/s1. The fourth-order valence-electron chi connectivity index (χ4n) is 1.32. The average molecular weight is 302 g/mol. The zero-order valence-electron chi connectivity index (χ0n) is 12.3. The minimum absolute atomic E-state index is 0.0231. The molecule has 0 aromatic heterocycles. The molecule has 0 rings (SSSR count). The van der Waals surface area contributed by atoms with E-state index in [-0.39, 0.29) is 35.9 Å². The van der Waals surface area contributed by atoms with Crippen molar-refractivity contribution in [1.82, 2.24) is 5.32 Å². The summed E-state index contributed by atoms with van der Waals surface area (Å²) in [5, 5.41) is 9.13. The van der Waals surface area contributed by atoms with E-state index in [0.717, 1.165) is 0 Å². The maximum Gasteiger partial charge on any atom is 0.328 e. The van der Waals surface area contributed by atoms with Crippen molar-refractivity contribution >= 4 is 35.6 Å². The Morgan fingerprint density at radius 3 is 2.35 bits per heavy atom. The van der Waals surface area contributed by atoms with Gasteiger partial charge in [0.25, 0.3) is 0 Å². The number of hydrogen-bond acceptors (Lipinski definition) is 6. The molecule has 0 aliphatic rings. The van der Waals surface area contributed by atoms with Crippen LogP contribution in [-0.4, -0.2) is 47.5 Å². The van der Waals surface area contributed by atoms with Gasteiger partial charge in [-0.25, -0.2) is 4.79 Å². The summed E-state index contributed by atoms with van der Waals surface area (Å²) in [6, 6.07) is -0.858. The third kappa shape index (κ3) is 7.28. The predicted molar refractivity (Wildman–Crippen MR) is 79.2 cm³/mol. The van der Waals surface area contributed by atoms with Crippen molar-refractivity contribution in [2.45, 2.75) is 51.0 Å². The number of ketones is 1. The normalized spacial score (nSPS) is 13.4. The number of thioether (sulfide) groups is 1. The molecule has 0 aromatic carbocycles. The summed E-state index contributed by atoms with van der Waals surface area (Å²) in [6.07, 6.45) is 2.36. The Bertz CT molecular complexity index is 371. The van der Waals surface area contributed by atoms with Crippen LogP contribution in [0.3, 0.4) is 0 Å². The van der Waals surface area contributed by atoms with Crippen molar-refractivity contribution in [3.8, 4) is 0 Å². The third-order valence-corrected chi connectivity index (χ3v) is 3.44. The van der Waals surface area contributed by atoms with Gasteiger partial charge in [0, 0.05) is 6.42 Å². The quantitative estimate of drug-likeness (QED) is 0.492. The van der Waals surface area contributed by atoms with E-state index in [4.69, 9.17) is 10.1 Å². The van der Waals surface area contributed by atoms with E-state index in [1.165, 1.54) is 11.8 Å². The smallest absolute Gasteiger partial charge is 0.328 e. The van der Waals surface area contributed by atoms with Gasteiger partial charge >= 0.3 is 5.97 Å². The molecule has 0 unspecified atom stereocenters. The number of ether oxygens (including phenoxy) is 1. The lowest BCUT2D eigenvalue weighted by molar-refractivity contribution is -0.151. The molecule has 0 heterocycles. The van der Waals surface area contributed by atoms with Crippen LogP contribution in [0.5, 0.6) is 0 Å². The third-order valence-electron chi connectivity index (χ3n) is 2.52. The van der Waals surface area contributed by atoms with Crippen molar-refractivity contribution in [3.63, 3.8) is 0 Å². The van der Waals surface area contributed by atoms with Crippen LogP contribution in [0.4, 0.5) is 0 Å². The number of nitrogens with one attached hydrogen (secondary N) is 2. The fourth-order valence-corrected chi connectivity index (χ4v) is 1.60. The molecule has 2 atom stereocenters. The molecule has 0 saturated heterocycles. The van der Waals surface area contributed by atoms with E-state index < -0.39 is 12.0 Å². The minimum Gasteiger partial charge on any atom is -0.461 e. The highest BCUT2D eigenvalue weighted by molar-refractivity contribution is 7.99. The molecule has 114 valence electrons. The number of esters is 1. The first kappa shape index (κ1) is 18.6. The minimum atomic E-state index is -0.858. The van der Waals surface area contributed by atoms with Crippen LogP contribution in [-0.2, 0) is 19.1 Å². The molecule has 0 aromatic rings. The van der Waals surface area contributed by atoms with Gasteiger partial charge in [0.2, 0.25) is 5.91 Å². The topological polar surface area (TPSA) is 96.3 Å². The van der Waals surface area contributed by atoms with E-state index in [0.29, 0.717) is 6.21 Å². The van der Waals surface area contributed by atoms with Gasteiger partial charge in [0.05, 0.1) is 17.6 Å². The molecule has 20 heavy (non-hydrogen) atoms. The number of carbonyl (C=O) groups excluding carboxylic acids is 3. The Kier molecular flexibility index (Phi) is 8.87. The second-order valence-electron chi connectivity index (χ2n) is 4.57. The monoisotopic (exact) mass is 302 g/mol. The second kappa shape index (κ2) is 9.52. The summed E-state index contributed by atoms with van der Waals surface area (Å²) in [4.78, 5) is 34.8. The predicted octanol–water partition coefficient (Wildman–Crippen LogP) is 1.17. The molecular weight excluding hydrogens is 280 g/mol. The van der Waals surface area contributed by atoms with E-state index in [2.05, 4.69) is 5.32 Å². The Labute approximate surface area is 123 Å². The number of amides is 1. The zero-order chi connectivity index (χ0) is 15.7. The molecule has 1 amide bonds. The van der Waals surface area contributed by atoms with Crippen molar-refractivity contribution in [2.75, 3.05) is 6.26 Å². The Morgan fingerprint density at radius 1 is 1.30 bits per heavy atom. The average Bonchev–Trinajstić information content (AvgIpc) is 2.40. The first-order chi connectivity index (χ1) is 9.31. The number of hydrogen-bond donors (Lipinski definition) is 2. The van der Waals surface area contributed by atoms with E-state index in [1.54, 1.807) is 27.0 Å². The van der Waals surface area contributed by atoms with Gasteiger partial charge in [-0.3, -0.25) is 9.59 Å². The highest BCUT2D eigenvalue weighted by Gasteiger charge is 2.25. The van der Waals surface area contributed by atoms with Gasteiger partial charge in [-0.05, 0) is 33.4 Å². The van der Waals surface area contributed by atoms with Crippen LogP contribution in [0, 0.1) is 5.41 Å². The van der Waals surface area contributed by atoms with Gasteiger partial charge in [-0.1, -0.05) is 0 Å².